The third-order valence-corrected chi connectivity index (χ3v) is 10.8. The van der Waals surface area contributed by atoms with E-state index in [-0.39, 0.29) is 17.7 Å². The van der Waals surface area contributed by atoms with Crippen molar-refractivity contribution < 1.29 is 17.9 Å². The smallest absolute Gasteiger partial charge is 0.220 e. The Balaban J connectivity index is 1.30. The second-order valence-corrected chi connectivity index (χ2v) is 14.2. The number of nitrogens with zero attached hydrogens (tertiary/aromatic N) is 3. The van der Waals surface area contributed by atoms with Crippen molar-refractivity contribution in [3.8, 4) is 39.5 Å². The van der Waals surface area contributed by atoms with E-state index in [0.29, 0.717) is 87.1 Å². The molecular weight excluding hydrogens is 633 g/mol. The van der Waals surface area contributed by atoms with Crippen LogP contribution in [0.1, 0.15) is 24.0 Å². The number of carbonyl (C=O) groups is 1. The molecular formula is C33H33Cl2N5O4S. The highest BCUT2D eigenvalue weighted by atomic mass is 35.5. The van der Waals surface area contributed by atoms with Gasteiger partial charge in [-0.3, -0.25) is 9.78 Å². The molecule has 1 amide bonds. The van der Waals surface area contributed by atoms with E-state index in [4.69, 9.17) is 32.9 Å². The molecule has 2 aliphatic heterocycles. The zero-order chi connectivity index (χ0) is 31.7. The molecule has 2 aromatic carbocycles. The first-order valence-electron chi connectivity index (χ1n) is 14.7. The lowest BCUT2D eigenvalue weighted by molar-refractivity contribution is -0.119. The molecule has 1 atom stereocenters. The van der Waals surface area contributed by atoms with Gasteiger partial charge in [0.2, 0.25) is 11.8 Å². The molecule has 4 aromatic rings. The van der Waals surface area contributed by atoms with Gasteiger partial charge in [-0.25, -0.2) is 13.4 Å². The summed E-state index contributed by atoms with van der Waals surface area (Å²) in [6.07, 6.45) is 3.03. The van der Waals surface area contributed by atoms with Crippen LogP contribution in [0, 0.1) is 0 Å². The largest absolute Gasteiger partial charge is 0.481 e. The summed E-state index contributed by atoms with van der Waals surface area (Å²) in [4.78, 5) is 23.1. The highest BCUT2D eigenvalue weighted by molar-refractivity contribution is 7.91. The molecule has 0 aliphatic carbocycles. The lowest BCUT2D eigenvalue weighted by Gasteiger charge is -2.16. The lowest BCUT2D eigenvalue weighted by atomic mass is 9.99. The minimum absolute atomic E-state index is 0.0555. The first-order valence-corrected chi connectivity index (χ1v) is 17.1. The van der Waals surface area contributed by atoms with Crippen molar-refractivity contribution in [2.45, 2.75) is 36.9 Å². The molecule has 0 saturated carbocycles. The minimum Gasteiger partial charge on any atom is -0.481 e. The lowest BCUT2D eigenvalue weighted by Crippen LogP contribution is -2.35. The first kappa shape index (κ1) is 31.4. The van der Waals surface area contributed by atoms with Crippen LogP contribution in [-0.2, 0) is 27.7 Å². The zero-order valence-corrected chi connectivity index (χ0v) is 27.3. The number of methoxy groups -OCH3 is 1. The van der Waals surface area contributed by atoms with E-state index in [1.807, 2.05) is 54.4 Å². The average Bonchev–Trinajstić information content (AvgIpc) is 3.40. The van der Waals surface area contributed by atoms with Crippen molar-refractivity contribution in [2.75, 3.05) is 33.0 Å². The van der Waals surface area contributed by atoms with Crippen molar-refractivity contribution >= 4 is 38.9 Å². The van der Waals surface area contributed by atoms with E-state index >= 15 is 0 Å². The van der Waals surface area contributed by atoms with Gasteiger partial charge in [0.05, 0.1) is 39.2 Å². The Morgan fingerprint density at radius 2 is 1.87 bits per heavy atom. The van der Waals surface area contributed by atoms with Gasteiger partial charge in [0.15, 0.2) is 9.84 Å². The summed E-state index contributed by atoms with van der Waals surface area (Å²) in [6, 6.07) is 16.8. The number of fused-ring (bicyclic) bond motifs is 1. The SMILES string of the molecule is COc1nc(-c2cccc(-c3ccnc(-c4ccc5c(c4)S(=O)(=O)CCN(C)C5)c3Cl)c2Cl)ccc1CNC[C@H]1CCC(=O)N1. The molecule has 12 heteroatoms. The predicted octanol–water partition coefficient (Wildman–Crippen LogP) is 5.38. The van der Waals surface area contributed by atoms with Gasteiger partial charge in [0.25, 0.3) is 0 Å². The fourth-order valence-corrected chi connectivity index (χ4v) is 8.07. The Morgan fingerprint density at radius 1 is 1.07 bits per heavy atom. The van der Waals surface area contributed by atoms with Crippen LogP contribution in [0.3, 0.4) is 0 Å². The fourth-order valence-electron chi connectivity index (χ4n) is 5.81. The van der Waals surface area contributed by atoms with E-state index in [1.165, 1.54) is 0 Å². The number of nitrogens with one attached hydrogen (secondary N) is 2. The minimum atomic E-state index is -3.45. The average molecular weight is 667 g/mol. The molecule has 0 radical (unpaired) electrons. The maximum atomic E-state index is 13.1. The van der Waals surface area contributed by atoms with Gasteiger partial charge in [-0.05, 0) is 37.2 Å². The molecule has 4 heterocycles. The number of hydrogen-bond donors (Lipinski definition) is 2. The summed E-state index contributed by atoms with van der Waals surface area (Å²) in [5.41, 5.74) is 5.43. The van der Waals surface area contributed by atoms with Gasteiger partial charge in [0.1, 0.15) is 0 Å². The van der Waals surface area contributed by atoms with Crippen LogP contribution in [0.2, 0.25) is 10.0 Å². The Bertz CT molecular complexity index is 1890. The van der Waals surface area contributed by atoms with Crippen LogP contribution in [-0.4, -0.2) is 68.2 Å². The van der Waals surface area contributed by atoms with Crippen LogP contribution < -0.4 is 15.4 Å². The van der Waals surface area contributed by atoms with Gasteiger partial charge in [-0.1, -0.05) is 59.6 Å². The van der Waals surface area contributed by atoms with Gasteiger partial charge < -0.3 is 20.3 Å². The number of sulfone groups is 1. The topological polar surface area (TPSA) is 114 Å². The van der Waals surface area contributed by atoms with Crippen LogP contribution in [0.15, 0.2) is 65.7 Å². The van der Waals surface area contributed by atoms with Crippen LogP contribution in [0.25, 0.3) is 33.6 Å². The van der Waals surface area contributed by atoms with Crippen LogP contribution >= 0.6 is 23.2 Å². The van der Waals surface area contributed by atoms with Gasteiger partial charge in [0, 0.05) is 72.7 Å². The second-order valence-electron chi connectivity index (χ2n) is 11.4. The molecule has 0 bridgehead atoms. The maximum absolute atomic E-state index is 13.1. The van der Waals surface area contributed by atoms with E-state index in [1.54, 1.807) is 25.4 Å². The number of aromatic nitrogens is 2. The zero-order valence-electron chi connectivity index (χ0n) is 24.9. The fraction of sp³-hybridized carbons (Fsp3) is 0.303. The summed E-state index contributed by atoms with van der Waals surface area (Å²) in [6.45, 7) is 2.22. The molecule has 1 saturated heterocycles. The van der Waals surface area contributed by atoms with E-state index in [0.717, 1.165) is 17.5 Å². The molecule has 9 nitrogen and oxygen atoms in total. The number of ether oxygens (including phenoxy) is 1. The van der Waals surface area contributed by atoms with E-state index in [2.05, 4.69) is 15.6 Å². The van der Waals surface area contributed by atoms with Crippen LogP contribution in [0.5, 0.6) is 5.88 Å². The van der Waals surface area contributed by atoms with E-state index in [9.17, 15) is 13.2 Å². The first-order chi connectivity index (χ1) is 21.6. The van der Waals surface area contributed by atoms with Crippen molar-refractivity contribution in [2.24, 2.45) is 0 Å². The number of carbonyl (C=O) groups excluding carboxylic acids is 1. The number of hydrogen-bond acceptors (Lipinski definition) is 8. The highest BCUT2D eigenvalue weighted by Gasteiger charge is 2.26. The molecule has 6 rings (SSSR count). The monoisotopic (exact) mass is 665 g/mol. The molecule has 2 aliphatic rings. The van der Waals surface area contributed by atoms with Crippen molar-refractivity contribution in [1.29, 1.82) is 0 Å². The summed E-state index contributed by atoms with van der Waals surface area (Å²) < 4.78 is 31.7. The number of amides is 1. The molecule has 0 unspecified atom stereocenters. The molecule has 45 heavy (non-hydrogen) atoms. The Morgan fingerprint density at radius 3 is 2.64 bits per heavy atom. The Kier molecular flexibility index (Phi) is 9.12. The number of rotatable bonds is 8. The van der Waals surface area contributed by atoms with Crippen molar-refractivity contribution in [1.82, 2.24) is 25.5 Å². The molecule has 234 valence electrons. The summed E-state index contributed by atoms with van der Waals surface area (Å²) in [5.74, 6) is 0.622. The summed E-state index contributed by atoms with van der Waals surface area (Å²) in [7, 11) is 0.0412. The molecule has 2 aromatic heterocycles. The maximum Gasteiger partial charge on any atom is 0.220 e. The van der Waals surface area contributed by atoms with Gasteiger partial charge >= 0.3 is 0 Å². The summed E-state index contributed by atoms with van der Waals surface area (Å²) in [5, 5.41) is 7.16. The van der Waals surface area contributed by atoms with Crippen molar-refractivity contribution in [3.05, 3.63) is 82.0 Å². The highest BCUT2D eigenvalue weighted by Crippen LogP contribution is 2.42. The Labute approximate surface area is 272 Å². The van der Waals surface area contributed by atoms with Gasteiger partial charge in [-0.2, -0.15) is 0 Å². The quantitative estimate of drug-likeness (QED) is 0.258. The third-order valence-electron chi connectivity index (χ3n) is 8.24. The standard InChI is InChI=1S/C33H33Cl2N5O4S/c1-40-14-15-45(42,43)28-16-20(6-7-22(28)19-40)32-31(35)25(12-13-37-32)24-4-3-5-26(30(24)34)27-10-8-21(33(39-27)44-2)17-36-18-23-9-11-29(41)38-23/h3-8,10,12-13,16,23,36H,9,11,14-15,17-19H2,1-2H3,(H,38,41)/t23-/m1/s1. The predicted molar refractivity (Wildman–Crippen MR) is 176 cm³/mol. The van der Waals surface area contributed by atoms with E-state index < -0.39 is 9.84 Å². The summed E-state index contributed by atoms with van der Waals surface area (Å²) >= 11 is 14.0. The van der Waals surface area contributed by atoms with Crippen LogP contribution in [0.4, 0.5) is 0 Å². The molecule has 1 fully saturated rings. The number of benzene rings is 2. The Hall–Kier alpha value is -3.54. The normalized spacial score (nSPS) is 17.9. The molecule has 2 N–H and O–H groups in total. The van der Waals surface area contributed by atoms with Gasteiger partial charge in [-0.15, -0.1) is 0 Å². The number of pyridine rings is 2. The van der Waals surface area contributed by atoms with Crippen molar-refractivity contribution in [3.63, 3.8) is 0 Å². The second kappa shape index (κ2) is 13.1. The third kappa shape index (κ3) is 6.57. The molecule has 0 spiro atoms. The number of halogens is 2.